The number of aryl methyl sites for hydroxylation is 1. The van der Waals surface area contributed by atoms with Gasteiger partial charge in [-0.2, -0.15) is 5.10 Å². The Kier molecular flexibility index (Phi) is 2.87. The average molecular weight is 237 g/mol. The second-order valence-corrected chi connectivity index (χ2v) is 4.34. The molecule has 0 bridgehead atoms. The van der Waals surface area contributed by atoms with Crippen LogP contribution in [0.15, 0.2) is 12.3 Å². The van der Waals surface area contributed by atoms with E-state index in [9.17, 15) is 9.59 Å². The molecule has 6 heteroatoms. The van der Waals surface area contributed by atoms with Crippen molar-refractivity contribution in [1.82, 2.24) is 9.78 Å². The molecule has 2 heterocycles. The highest BCUT2D eigenvalue weighted by Crippen LogP contribution is 2.28. The van der Waals surface area contributed by atoms with Crippen LogP contribution in [0.4, 0.5) is 5.82 Å². The summed E-state index contributed by atoms with van der Waals surface area (Å²) >= 11 is 0. The van der Waals surface area contributed by atoms with Crippen molar-refractivity contribution in [3.05, 3.63) is 12.3 Å². The van der Waals surface area contributed by atoms with Crippen LogP contribution < -0.4 is 4.90 Å². The molecular formula is C11H15N3O3. The van der Waals surface area contributed by atoms with E-state index in [0.29, 0.717) is 12.2 Å². The predicted octanol–water partition coefficient (Wildman–Crippen LogP) is 0.636. The van der Waals surface area contributed by atoms with Crippen molar-refractivity contribution in [2.75, 3.05) is 4.90 Å². The van der Waals surface area contributed by atoms with Gasteiger partial charge in [0.15, 0.2) is 5.82 Å². The van der Waals surface area contributed by atoms with Crippen molar-refractivity contribution >= 4 is 17.7 Å². The number of carboxylic acids is 1. The van der Waals surface area contributed by atoms with Crippen LogP contribution in [0.25, 0.3) is 0 Å². The number of carboxylic acid groups (broad SMARTS) is 1. The fourth-order valence-electron chi connectivity index (χ4n) is 2.25. The lowest BCUT2D eigenvalue weighted by atomic mass is 9.90. The van der Waals surface area contributed by atoms with Crippen LogP contribution in [-0.2, 0) is 16.6 Å². The summed E-state index contributed by atoms with van der Waals surface area (Å²) in [5.41, 5.74) is 0. The molecule has 17 heavy (non-hydrogen) atoms. The lowest BCUT2D eigenvalue weighted by molar-refractivity contribution is -0.143. The van der Waals surface area contributed by atoms with Crippen LogP contribution in [0.2, 0.25) is 0 Å². The van der Waals surface area contributed by atoms with Crippen LogP contribution in [0, 0.1) is 5.92 Å². The smallest absolute Gasteiger partial charge is 0.308 e. The van der Waals surface area contributed by atoms with E-state index >= 15 is 0 Å². The number of aliphatic carboxylic acids is 1. The molecule has 1 aromatic rings. The maximum Gasteiger partial charge on any atom is 0.308 e. The predicted molar refractivity (Wildman–Crippen MR) is 60.5 cm³/mol. The fraction of sp³-hybridized carbons (Fsp3) is 0.545. The van der Waals surface area contributed by atoms with Crippen LogP contribution in [-0.4, -0.2) is 32.8 Å². The van der Waals surface area contributed by atoms with Crippen molar-refractivity contribution in [1.29, 1.82) is 0 Å². The van der Waals surface area contributed by atoms with Gasteiger partial charge >= 0.3 is 5.97 Å². The molecule has 0 saturated carbocycles. The van der Waals surface area contributed by atoms with Gasteiger partial charge in [-0.15, -0.1) is 0 Å². The molecule has 0 spiro atoms. The van der Waals surface area contributed by atoms with Gasteiger partial charge < -0.3 is 5.11 Å². The molecule has 1 N–H and O–H groups in total. The van der Waals surface area contributed by atoms with Crippen LogP contribution in [0.1, 0.15) is 19.8 Å². The number of nitrogens with zero attached hydrogens (tertiary/aromatic N) is 3. The summed E-state index contributed by atoms with van der Waals surface area (Å²) in [7, 11) is 1.76. The minimum Gasteiger partial charge on any atom is -0.481 e. The second kappa shape index (κ2) is 4.20. The molecule has 1 saturated heterocycles. The molecule has 2 rings (SSSR count). The summed E-state index contributed by atoms with van der Waals surface area (Å²) in [4.78, 5) is 24.4. The lowest BCUT2D eigenvalue weighted by Crippen LogP contribution is -2.49. The van der Waals surface area contributed by atoms with E-state index in [1.165, 1.54) is 4.90 Å². The highest BCUT2D eigenvalue weighted by Gasteiger charge is 2.38. The standard InChI is InChI=1S/C11H15N3O3/c1-7-8(11(16)17)3-4-10(15)14(7)9-5-6-13(2)12-9/h5-8H,3-4H2,1-2H3,(H,16,17)/t7-,8+/m1/s1. The van der Waals surface area contributed by atoms with E-state index in [-0.39, 0.29) is 18.4 Å². The minimum atomic E-state index is -0.856. The molecule has 2 atom stereocenters. The Hall–Kier alpha value is -1.85. The third kappa shape index (κ3) is 2.02. The largest absolute Gasteiger partial charge is 0.481 e. The number of hydrogen-bond acceptors (Lipinski definition) is 3. The number of carbonyl (C=O) groups is 2. The molecule has 0 unspecified atom stereocenters. The molecule has 92 valence electrons. The third-order valence-electron chi connectivity index (χ3n) is 3.19. The molecular weight excluding hydrogens is 222 g/mol. The number of rotatable bonds is 2. The first-order valence-electron chi connectivity index (χ1n) is 5.55. The van der Waals surface area contributed by atoms with Crippen molar-refractivity contribution in [3.63, 3.8) is 0 Å². The lowest BCUT2D eigenvalue weighted by Gasteiger charge is -2.35. The van der Waals surface area contributed by atoms with Gasteiger partial charge in [0, 0.05) is 31.8 Å². The number of carbonyl (C=O) groups excluding carboxylic acids is 1. The zero-order chi connectivity index (χ0) is 12.6. The number of aromatic nitrogens is 2. The maximum atomic E-state index is 11.9. The summed E-state index contributed by atoms with van der Waals surface area (Å²) in [5, 5.41) is 13.3. The first-order chi connectivity index (χ1) is 8.00. The highest BCUT2D eigenvalue weighted by molar-refractivity contribution is 5.95. The first kappa shape index (κ1) is 11.6. The van der Waals surface area contributed by atoms with Gasteiger partial charge in [0.2, 0.25) is 5.91 Å². The zero-order valence-corrected chi connectivity index (χ0v) is 9.83. The Balaban J connectivity index is 2.30. The van der Waals surface area contributed by atoms with E-state index in [2.05, 4.69) is 5.10 Å². The van der Waals surface area contributed by atoms with Gasteiger partial charge in [-0.1, -0.05) is 0 Å². The normalized spacial score (nSPS) is 25.1. The van der Waals surface area contributed by atoms with Crippen molar-refractivity contribution in [2.24, 2.45) is 13.0 Å². The van der Waals surface area contributed by atoms with Gasteiger partial charge in [-0.25, -0.2) is 0 Å². The Morgan fingerprint density at radius 1 is 1.59 bits per heavy atom. The van der Waals surface area contributed by atoms with E-state index < -0.39 is 11.9 Å². The molecule has 1 aromatic heterocycles. The van der Waals surface area contributed by atoms with Crippen LogP contribution >= 0.6 is 0 Å². The van der Waals surface area contributed by atoms with Crippen LogP contribution in [0.5, 0.6) is 0 Å². The SMILES string of the molecule is C[C@@H]1[C@@H](C(=O)O)CCC(=O)N1c1ccn(C)n1. The van der Waals surface area contributed by atoms with Crippen molar-refractivity contribution in [3.8, 4) is 0 Å². The van der Waals surface area contributed by atoms with E-state index in [0.717, 1.165) is 0 Å². The average Bonchev–Trinajstić information content (AvgIpc) is 2.64. The second-order valence-electron chi connectivity index (χ2n) is 4.34. The highest BCUT2D eigenvalue weighted by atomic mass is 16.4. The quantitative estimate of drug-likeness (QED) is 0.818. The molecule has 1 aliphatic rings. The van der Waals surface area contributed by atoms with Crippen LogP contribution in [0.3, 0.4) is 0 Å². The molecule has 0 aliphatic carbocycles. The van der Waals surface area contributed by atoms with Gasteiger partial charge in [0.25, 0.3) is 0 Å². The molecule has 1 amide bonds. The summed E-state index contributed by atoms with van der Waals surface area (Å²) in [6.45, 7) is 1.75. The van der Waals surface area contributed by atoms with Gasteiger partial charge in [-0.05, 0) is 13.3 Å². The zero-order valence-electron chi connectivity index (χ0n) is 9.83. The Labute approximate surface area is 98.8 Å². The van der Waals surface area contributed by atoms with Crippen molar-refractivity contribution in [2.45, 2.75) is 25.8 Å². The first-order valence-corrected chi connectivity index (χ1v) is 5.55. The molecule has 1 aliphatic heterocycles. The minimum absolute atomic E-state index is 0.0614. The molecule has 6 nitrogen and oxygen atoms in total. The number of amides is 1. The topological polar surface area (TPSA) is 75.4 Å². The Bertz CT molecular complexity index is 455. The van der Waals surface area contributed by atoms with Gasteiger partial charge in [0.05, 0.1) is 5.92 Å². The third-order valence-corrected chi connectivity index (χ3v) is 3.19. The van der Waals surface area contributed by atoms with Crippen molar-refractivity contribution < 1.29 is 14.7 Å². The Morgan fingerprint density at radius 2 is 2.29 bits per heavy atom. The van der Waals surface area contributed by atoms with E-state index in [4.69, 9.17) is 5.11 Å². The molecule has 0 radical (unpaired) electrons. The van der Waals surface area contributed by atoms with Gasteiger partial charge in [0.1, 0.15) is 0 Å². The van der Waals surface area contributed by atoms with E-state index in [1.807, 2.05) is 0 Å². The Morgan fingerprint density at radius 3 is 2.82 bits per heavy atom. The molecule has 0 aromatic carbocycles. The van der Waals surface area contributed by atoms with Gasteiger partial charge in [-0.3, -0.25) is 19.2 Å². The summed E-state index contributed by atoms with van der Waals surface area (Å²) < 4.78 is 1.60. The number of anilines is 1. The fourth-order valence-corrected chi connectivity index (χ4v) is 2.25. The summed E-state index contributed by atoms with van der Waals surface area (Å²) in [6.07, 6.45) is 2.40. The number of hydrogen-bond donors (Lipinski definition) is 1. The monoisotopic (exact) mass is 237 g/mol. The summed E-state index contributed by atoms with van der Waals surface area (Å²) in [6, 6.07) is 1.36. The maximum absolute atomic E-state index is 11.9. The molecule has 1 fully saturated rings. The number of piperidine rings is 1. The summed E-state index contributed by atoms with van der Waals surface area (Å²) in [5.74, 6) is -0.912. The van der Waals surface area contributed by atoms with E-state index in [1.54, 1.807) is 30.9 Å².